The van der Waals surface area contributed by atoms with Crippen molar-refractivity contribution in [1.29, 1.82) is 0 Å². The van der Waals surface area contributed by atoms with Crippen molar-refractivity contribution in [3.8, 4) is 5.75 Å². The Morgan fingerprint density at radius 3 is 2.65 bits per heavy atom. The molecule has 0 aromatic heterocycles. The molecule has 2 nitrogen and oxygen atoms in total. The van der Waals surface area contributed by atoms with Crippen LogP contribution in [0.25, 0.3) is 0 Å². The van der Waals surface area contributed by atoms with Gasteiger partial charge in [-0.05, 0) is 36.8 Å². The number of aryl methyl sites for hydroxylation is 1. The lowest BCUT2D eigenvalue weighted by molar-refractivity contribution is 0.0653. The van der Waals surface area contributed by atoms with E-state index in [2.05, 4.69) is 57.0 Å². The van der Waals surface area contributed by atoms with E-state index in [1.165, 1.54) is 5.56 Å². The van der Waals surface area contributed by atoms with Crippen LogP contribution in [0.5, 0.6) is 5.75 Å². The Hall–Kier alpha value is -0.840. The lowest BCUT2D eigenvalue weighted by Gasteiger charge is -2.30. The number of aliphatic hydroxyl groups is 1. The van der Waals surface area contributed by atoms with Crippen LogP contribution in [0.4, 0.5) is 0 Å². The summed E-state index contributed by atoms with van der Waals surface area (Å²) in [5.41, 5.74) is 3.11. The van der Waals surface area contributed by atoms with Crippen LogP contribution in [0.3, 0.4) is 0 Å². The van der Waals surface area contributed by atoms with Crippen LogP contribution in [-0.4, -0.2) is 5.11 Å². The van der Waals surface area contributed by atoms with Gasteiger partial charge in [-0.3, -0.25) is 0 Å². The van der Waals surface area contributed by atoms with Gasteiger partial charge in [-0.1, -0.05) is 44.0 Å². The lowest BCUT2D eigenvalue weighted by atomic mass is 9.94. The van der Waals surface area contributed by atoms with Crippen LogP contribution in [-0.2, 0) is 0 Å². The van der Waals surface area contributed by atoms with Crippen molar-refractivity contribution in [2.24, 2.45) is 0 Å². The fourth-order valence-corrected chi connectivity index (χ4v) is 3.63. The van der Waals surface area contributed by atoms with Gasteiger partial charge in [-0.15, -0.1) is 0 Å². The summed E-state index contributed by atoms with van der Waals surface area (Å²) in [4.78, 5) is 0. The number of benzene rings is 2. The molecular formula is C16H14Br2O2. The van der Waals surface area contributed by atoms with E-state index in [-0.39, 0.29) is 6.10 Å². The molecule has 3 rings (SSSR count). The highest BCUT2D eigenvalue weighted by molar-refractivity contribution is 9.10. The third-order valence-electron chi connectivity index (χ3n) is 3.54. The van der Waals surface area contributed by atoms with Gasteiger partial charge in [0.15, 0.2) is 0 Å². The molecule has 20 heavy (non-hydrogen) atoms. The standard InChI is InChI=1S/C16H14Br2O2/c1-9-2-4-11(13(18)6-9)16-8-14(19)12-7-10(17)3-5-15(12)20-16/h2-7,14,16,19H,8H2,1H3/t14-,16?/m0/s1. The first-order valence-electron chi connectivity index (χ1n) is 6.45. The predicted octanol–water partition coefficient (Wildman–Crippen LogP) is 5.08. The zero-order chi connectivity index (χ0) is 14.3. The molecule has 2 atom stereocenters. The topological polar surface area (TPSA) is 29.5 Å². The molecule has 0 saturated heterocycles. The van der Waals surface area contributed by atoms with Gasteiger partial charge in [0.05, 0.1) is 6.10 Å². The maximum absolute atomic E-state index is 10.3. The summed E-state index contributed by atoms with van der Waals surface area (Å²) in [7, 11) is 0. The summed E-state index contributed by atoms with van der Waals surface area (Å²) in [5.74, 6) is 0.754. The van der Waals surface area contributed by atoms with Gasteiger partial charge in [0.2, 0.25) is 0 Å². The summed E-state index contributed by atoms with van der Waals surface area (Å²) in [6.07, 6.45) is -0.0754. The molecule has 1 N–H and O–H groups in total. The minimum atomic E-state index is -0.505. The molecule has 2 aromatic rings. The Bertz CT molecular complexity index is 655. The Kier molecular flexibility index (Phi) is 3.89. The second-order valence-corrected chi connectivity index (χ2v) is 6.84. The van der Waals surface area contributed by atoms with Gasteiger partial charge >= 0.3 is 0 Å². The van der Waals surface area contributed by atoms with Gasteiger partial charge in [-0.25, -0.2) is 0 Å². The molecule has 0 aliphatic carbocycles. The van der Waals surface area contributed by atoms with E-state index in [0.29, 0.717) is 6.42 Å². The number of hydrogen-bond acceptors (Lipinski definition) is 2. The quantitative estimate of drug-likeness (QED) is 0.727. The second kappa shape index (κ2) is 5.51. The Labute approximate surface area is 135 Å². The van der Waals surface area contributed by atoms with Crippen LogP contribution in [0.1, 0.15) is 35.3 Å². The first-order chi connectivity index (χ1) is 9.54. The van der Waals surface area contributed by atoms with E-state index in [1.807, 2.05) is 18.2 Å². The SMILES string of the molecule is Cc1ccc(C2C[C@H](O)c3cc(Br)ccc3O2)c(Br)c1. The zero-order valence-electron chi connectivity index (χ0n) is 10.9. The number of halogens is 2. The van der Waals surface area contributed by atoms with E-state index in [9.17, 15) is 5.11 Å². The fraction of sp³-hybridized carbons (Fsp3) is 0.250. The molecule has 104 valence electrons. The van der Waals surface area contributed by atoms with Crippen LogP contribution in [0, 0.1) is 6.92 Å². The summed E-state index contributed by atoms with van der Waals surface area (Å²) < 4.78 is 8.03. The average molecular weight is 398 g/mol. The minimum Gasteiger partial charge on any atom is -0.485 e. The van der Waals surface area contributed by atoms with Crippen molar-refractivity contribution in [3.05, 3.63) is 62.0 Å². The predicted molar refractivity (Wildman–Crippen MR) is 86.0 cm³/mol. The summed E-state index contributed by atoms with van der Waals surface area (Å²) in [5, 5.41) is 10.3. The molecule has 0 radical (unpaired) electrons. The number of hydrogen-bond donors (Lipinski definition) is 1. The molecule has 1 aliphatic heterocycles. The molecule has 1 aliphatic rings. The van der Waals surface area contributed by atoms with E-state index < -0.39 is 6.10 Å². The van der Waals surface area contributed by atoms with Crippen LogP contribution in [0.15, 0.2) is 45.3 Å². The van der Waals surface area contributed by atoms with Crippen molar-refractivity contribution in [2.45, 2.75) is 25.6 Å². The highest BCUT2D eigenvalue weighted by atomic mass is 79.9. The fourth-order valence-electron chi connectivity index (χ4n) is 2.50. The van der Waals surface area contributed by atoms with Crippen molar-refractivity contribution in [3.63, 3.8) is 0 Å². The number of fused-ring (bicyclic) bond motifs is 1. The molecule has 0 saturated carbocycles. The van der Waals surface area contributed by atoms with Gasteiger partial charge in [0.1, 0.15) is 11.9 Å². The maximum Gasteiger partial charge on any atom is 0.128 e. The number of ether oxygens (including phenoxy) is 1. The van der Waals surface area contributed by atoms with Gasteiger partial charge < -0.3 is 9.84 Å². The van der Waals surface area contributed by atoms with Gasteiger partial charge in [0, 0.05) is 26.5 Å². The molecule has 0 bridgehead atoms. The molecule has 4 heteroatoms. The van der Waals surface area contributed by atoms with Crippen molar-refractivity contribution in [1.82, 2.24) is 0 Å². The van der Waals surface area contributed by atoms with Crippen molar-refractivity contribution in [2.75, 3.05) is 0 Å². The first-order valence-corrected chi connectivity index (χ1v) is 8.03. The molecule has 0 amide bonds. The maximum atomic E-state index is 10.3. The van der Waals surface area contributed by atoms with E-state index in [0.717, 1.165) is 25.8 Å². The highest BCUT2D eigenvalue weighted by Crippen LogP contribution is 2.43. The van der Waals surface area contributed by atoms with Crippen LogP contribution < -0.4 is 4.74 Å². The third kappa shape index (κ3) is 2.65. The van der Waals surface area contributed by atoms with E-state index in [1.54, 1.807) is 0 Å². The number of aliphatic hydroxyl groups excluding tert-OH is 1. The zero-order valence-corrected chi connectivity index (χ0v) is 14.1. The largest absolute Gasteiger partial charge is 0.485 e. The van der Waals surface area contributed by atoms with Crippen molar-refractivity contribution < 1.29 is 9.84 Å². The highest BCUT2D eigenvalue weighted by Gasteiger charge is 2.29. The second-order valence-electron chi connectivity index (χ2n) is 5.07. The summed E-state index contributed by atoms with van der Waals surface area (Å²) in [6.45, 7) is 2.05. The molecule has 0 fully saturated rings. The Morgan fingerprint density at radius 2 is 1.90 bits per heavy atom. The van der Waals surface area contributed by atoms with Crippen LogP contribution >= 0.6 is 31.9 Å². The van der Waals surface area contributed by atoms with Crippen LogP contribution in [0.2, 0.25) is 0 Å². The average Bonchev–Trinajstić information content (AvgIpc) is 2.39. The normalized spacial score (nSPS) is 21.2. The lowest BCUT2D eigenvalue weighted by Crippen LogP contribution is -2.19. The van der Waals surface area contributed by atoms with E-state index >= 15 is 0 Å². The van der Waals surface area contributed by atoms with Crippen molar-refractivity contribution >= 4 is 31.9 Å². The van der Waals surface area contributed by atoms with Gasteiger partial charge in [0.25, 0.3) is 0 Å². The Balaban J connectivity index is 1.97. The minimum absolute atomic E-state index is 0.131. The molecule has 0 spiro atoms. The summed E-state index contributed by atoms with van der Waals surface area (Å²) >= 11 is 7.01. The van der Waals surface area contributed by atoms with Gasteiger partial charge in [-0.2, -0.15) is 0 Å². The van der Waals surface area contributed by atoms with E-state index in [4.69, 9.17) is 4.74 Å². The Morgan fingerprint density at radius 1 is 1.10 bits per heavy atom. The monoisotopic (exact) mass is 396 g/mol. The molecule has 1 unspecified atom stereocenters. The molecular weight excluding hydrogens is 384 g/mol. The molecule has 1 heterocycles. The third-order valence-corrected chi connectivity index (χ3v) is 4.72. The number of rotatable bonds is 1. The summed E-state index contributed by atoms with van der Waals surface area (Å²) in [6, 6.07) is 11.9. The smallest absolute Gasteiger partial charge is 0.128 e. The first kappa shape index (κ1) is 14.1. The molecule has 2 aromatic carbocycles.